The molecule has 2 N–H and O–H groups in total. The van der Waals surface area contributed by atoms with Crippen molar-refractivity contribution in [2.45, 2.75) is 6.42 Å². The molecule has 1 aromatic carbocycles. The first-order chi connectivity index (χ1) is 9.22. The lowest BCUT2D eigenvalue weighted by atomic mass is 10.1. The monoisotopic (exact) mass is 253 g/mol. The van der Waals surface area contributed by atoms with Crippen LogP contribution in [0.1, 0.15) is 15.9 Å². The zero-order valence-corrected chi connectivity index (χ0v) is 10.0. The third kappa shape index (κ3) is 2.30. The molecule has 0 fully saturated rings. The third-order valence-corrected chi connectivity index (χ3v) is 2.91. The number of amides is 2. The van der Waals surface area contributed by atoms with E-state index in [1.165, 1.54) is 6.20 Å². The lowest BCUT2D eigenvalue weighted by Crippen LogP contribution is -2.12. The number of benzene rings is 1. The average Bonchev–Trinajstić information content (AvgIpc) is 2.79. The molecule has 0 atom stereocenters. The Morgan fingerprint density at radius 3 is 3.00 bits per heavy atom. The van der Waals surface area contributed by atoms with E-state index in [4.69, 9.17) is 0 Å². The fraction of sp³-hybridized carbons (Fsp3) is 0.0714. The highest BCUT2D eigenvalue weighted by atomic mass is 16.2. The van der Waals surface area contributed by atoms with Crippen molar-refractivity contribution in [1.29, 1.82) is 0 Å². The maximum Gasteiger partial charge on any atom is 0.257 e. The first-order valence-corrected chi connectivity index (χ1v) is 5.86. The molecule has 2 heterocycles. The highest BCUT2D eigenvalue weighted by molar-refractivity contribution is 6.05. The number of carbonyl (C=O) groups is 2. The molecule has 0 saturated heterocycles. The molecule has 1 aliphatic rings. The minimum absolute atomic E-state index is 0.0225. The molecule has 3 rings (SSSR count). The van der Waals surface area contributed by atoms with Gasteiger partial charge < -0.3 is 10.6 Å². The van der Waals surface area contributed by atoms with Crippen LogP contribution in [0.3, 0.4) is 0 Å². The van der Waals surface area contributed by atoms with Crippen LogP contribution in [0.5, 0.6) is 0 Å². The molecule has 0 bridgehead atoms. The van der Waals surface area contributed by atoms with Gasteiger partial charge in [-0.15, -0.1) is 0 Å². The number of carbonyl (C=O) groups excluding carboxylic acids is 2. The van der Waals surface area contributed by atoms with E-state index in [0.717, 1.165) is 11.3 Å². The van der Waals surface area contributed by atoms with Gasteiger partial charge in [-0.3, -0.25) is 14.6 Å². The number of nitrogens with one attached hydrogen (secondary N) is 2. The number of hydrogen-bond donors (Lipinski definition) is 2. The van der Waals surface area contributed by atoms with Crippen LogP contribution in [0.2, 0.25) is 0 Å². The Morgan fingerprint density at radius 2 is 2.21 bits per heavy atom. The summed E-state index contributed by atoms with van der Waals surface area (Å²) in [6, 6.07) is 8.76. The lowest BCUT2D eigenvalue weighted by molar-refractivity contribution is -0.115. The third-order valence-electron chi connectivity index (χ3n) is 2.91. The van der Waals surface area contributed by atoms with Gasteiger partial charge in [0.2, 0.25) is 5.91 Å². The SMILES string of the molecule is O=C1Cc2cc(NC(=O)c3cccnc3)ccc2N1. The van der Waals surface area contributed by atoms with E-state index in [-0.39, 0.29) is 11.8 Å². The number of hydrogen-bond acceptors (Lipinski definition) is 3. The van der Waals surface area contributed by atoms with Crippen molar-refractivity contribution < 1.29 is 9.59 Å². The Labute approximate surface area is 109 Å². The van der Waals surface area contributed by atoms with Gasteiger partial charge in [0.25, 0.3) is 5.91 Å². The van der Waals surface area contributed by atoms with Crippen molar-refractivity contribution in [2.75, 3.05) is 10.6 Å². The van der Waals surface area contributed by atoms with Gasteiger partial charge in [0.1, 0.15) is 0 Å². The summed E-state index contributed by atoms with van der Waals surface area (Å²) in [4.78, 5) is 27.1. The van der Waals surface area contributed by atoms with Crippen LogP contribution in [0.4, 0.5) is 11.4 Å². The fourth-order valence-corrected chi connectivity index (χ4v) is 2.01. The first kappa shape index (κ1) is 11.4. The predicted molar refractivity (Wildman–Crippen MR) is 71.0 cm³/mol. The fourth-order valence-electron chi connectivity index (χ4n) is 2.01. The van der Waals surface area contributed by atoms with Gasteiger partial charge in [0.15, 0.2) is 0 Å². The van der Waals surface area contributed by atoms with Crippen molar-refractivity contribution in [2.24, 2.45) is 0 Å². The maximum atomic E-state index is 11.9. The summed E-state index contributed by atoms with van der Waals surface area (Å²) in [5, 5.41) is 5.53. The Hall–Kier alpha value is -2.69. The second kappa shape index (κ2) is 4.53. The van der Waals surface area contributed by atoms with Gasteiger partial charge in [-0.25, -0.2) is 0 Å². The van der Waals surface area contributed by atoms with E-state index < -0.39 is 0 Å². The molecule has 0 radical (unpaired) electrons. The number of pyridine rings is 1. The van der Waals surface area contributed by atoms with E-state index in [1.54, 1.807) is 30.5 Å². The van der Waals surface area contributed by atoms with Crippen LogP contribution in [0, 0.1) is 0 Å². The van der Waals surface area contributed by atoms with Crippen molar-refractivity contribution in [1.82, 2.24) is 4.98 Å². The molecular formula is C14H11N3O2. The van der Waals surface area contributed by atoms with E-state index >= 15 is 0 Å². The van der Waals surface area contributed by atoms with Crippen molar-refractivity contribution >= 4 is 23.2 Å². The molecule has 5 nitrogen and oxygen atoms in total. The second-order valence-corrected chi connectivity index (χ2v) is 4.29. The number of aromatic nitrogens is 1. The Kier molecular flexibility index (Phi) is 2.72. The summed E-state index contributed by atoms with van der Waals surface area (Å²) >= 11 is 0. The van der Waals surface area contributed by atoms with Crippen molar-refractivity contribution in [3.63, 3.8) is 0 Å². The van der Waals surface area contributed by atoms with Gasteiger partial charge in [0.05, 0.1) is 12.0 Å². The van der Waals surface area contributed by atoms with Gasteiger partial charge in [-0.1, -0.05) is 0 Å². The van der Waals surface area contributed by atoms with Crippen LogP contribution >= 0.6 is 0 Å². The van der Waals surface area contributed by atoms with Crippen molar-refractivity contribution in [3.05, 3.63) is 53.9 Å². The zero-order chi connectivity index (χ0) is 13.2. The van der Waals surface area contributed by atoms with Gasteiger partial charge in [-0.05, 0) is 35.9 Å². The van der Waals surface area contributed by atoms with Gasteiger partial charge in [0, 0.05) is 23.8 Å². The average molecular weight is 253 g/mol. The Balaban J connectivity index is 1.80. The summed E-state index contributed by atoms with van der Waals surface area (Å²) < 4.78 is 0. The minimum Gasteiger partial charge on any atom is -0.326 e. The highest BCUT2D eigenvalue weighted by Crippen LogP contribution is 2.26. The van der Waals surface area contributed by atoms with E-state index in [2.05, 4.69) is 15.6 Å². The summed E-state index contributed by atoms with van der Waals surface area (Å²) in [6.07, 6.45) is 3.48. The smallest absolute Gasteiger partial charge is 0.257 e. The topological polar surface area (TPSA) is 71.1 Å². The second-order valence-electron chi connectivity index (χ2n) is 4.29. The van der Waals surface area contributed by atoms with E-state index in [1.807, 2.05) is 6.07 Å². The minimum atomic E-state index is -0.217. The molecule has 5 heteroatoms. The molecule has 2 amide bonds. The summed E-state index contributed by atoms with van der Waals surface area (Å²) in [7, 11) is 0. The zero-order valence-electron chi connectivity index (χ0n) is 10.0. The number of fused-ring (bicyclic) bond motifs is 1. The molecule has 19 heavy (non-hydrogen) atoms. The van der Waals surface area contributed by atoms with E-state index in [9.17, 15) is 9.59 Å². The first-order valence-electron chi connectivity index (χ1n) is 5.86. The summed E-state index contributed by atoms with van der Waals surface area (Å²) in [5.74, 6) is -0.240. The molecule has 0 aliphatic carbocycles. The van der Waals surface area contributed by atoms with E-state index in [0.29, 0.717) is 17.7 Å². The Morgan fingerprint density at radius 1 is 1.32 bits per heavy atom. The number of rotatable bonds is 2. The van der Waals surface area contributed by atoms with Gasteiger partial charge in [-0.2, -0.15) is 0 Å². The number of anilines is 2. The molecule has 1 aliphatic heterocycles. The standard InChI is InChI=1S/C14H11N3O2/c18-13-7-10-6-11(3-4-12(10)17-13)16-14(19)9-2-1-5-15-8-9/h1-6,8H,7H2,(H,16,19)(H,17,18). The quantitative estimate of drug-likeness (QED) is 0.857. The lowest BCUT2D eigenvalue weighted by Gasteiger charge is -2.06. The summed E-state index contributed by atoms with van der Waals surface area (Å²) in [6.45, 7) is 0. The normalized spacial score (nSPS) is 12.7. The molecular weight excluding hydrogens is 242 g/mol. The largest absolute Gasteiger partial charge is 0.326 e. The highest BCUT2D eigenvalue weighted by Gasteiger charge is 2.17. The number of nitrogens with zero attached hydrogens (tertiary/aromatic N) is 1. The predicted octanol–water partition coefficient (Wildman–Crippen LogP) is 1.83. The molecule has 0 spiro atoms. The van der Waals surface area contributed by atoms with Crippen LogP contribution in [-0.2, 0) is 11.2 Å². The Bertz CT molecular complexity index is 653. The molecule has 1 aromatic heterocycles. The van der Waals surface area contributed by atoms with Crippen LogP contribution in [-0.4, -0.2) is 16.8 Å². The van der Waals surface area contributed by atoms with Crippen LogP contribution in [0.25, 0.3) is 0 Å². The molecule has 94 valence electrons. The molecule has 2 aromatic rings. The van der Waals surface area contributed by atoms with Gasteiger partial charge >= 0.3 is 0 Å². The maximum absolute atomic E-state index is 11.9. The molecule has 0 unspecified atom stereocenters. The van der Waals surface area contributed by atoms with Crippen LogP contribution in [0.15, 0.2) is 42.7 Å². The van der Waals surface area contributed by atoms with Crippen molar-refractivity contribution in [3.8, 4) is 0 Å². The van der Waals surface area contributed by atoms with Crippen LogP contribution < -0.4 is 10.6 Å². The summed E-state index contributed by atoms with van der Waals surface area (Å²) in [5.41, 5.74) is 2.87. The molecule has 0 saturated carbocycles.